The predicted molar refractivity (Wildman–Crippen MR) is 84.2 cm³/mol. The second-order valence-electron chi connectivity index (χ2n) is 5.44. The molecule has 0 aliphatic carbocycles. The average molecular weight is 316 g/mol. The summed E-state index contributed by atoms with van der Waals surface area (Å²) < 4.78 is 5.31. The number of oxazole rings is 1. The van der Waals surface area contributed by atoms with Crippen molar-refractivity contribution < 1.29 is 19.1 Å². The molecule has 0 fully saturated rings. The van der Waals surface area contributed by atoms with Crippen molar-refractivity contribution in [1.82, 2.24) is 10.3 Å². The molecule has 1 aromatic carbocycles. The number of aromatic nitrogens is 1. The molecule has 1 heterocycles. The van der Waals surface area contributed by atoms with Crippen molar-refractivity contribution in [1.29, 1.82) is 0 Å². The van der Waals surface area contributed by atoms with Gasteiger partial charge in [-0.2, -0.15) is 0 Å². The van der Waals surface area contributed by atoms with E-state index < -0.39 is 5.97 Å². The summed E-state index contributed by atoms with van der Waals surface area (Å²) in [7, 11) is 0. The Labute approximate surface area is 134 Å². The van der Waals surface area contributed by atoms with Crippen LogP contribution in [-0.2, 0) is 11.2 Å². The van der Waals surface area contributed by atoms with Gasteiger partial charge in [0.2, 0.25) is 5.76 Å². The molecule has 2 N–H and O–H groups in total. The molecule has 0 saturated carbocycles. The molecule has 0 saturated heterocycles. The molecule has 1 aromatic heterocycles. The Morgan fingerprint density at radius 3 is 2.52 bits per heavy atom. The Morgan fingerprint density at radius 2 is 1.96 bits per heavy atom. The molecule has 0 spiro atoms. The third kappa shape index (κ3) is 4.95. The van der Waals surface area contributed by atoms with E-state index in [-0.39, 0.29) is 24.1 Å². The molecule has 0 radical (unpaired) electrons. The zero-order valence-corrected chi connectivity index (χ0v) is 13.2. The normalized spacial score (nSPS) is 11.9. The van der Waals surface area contributed by atoms with Gasteiger partial charge in [-0.05, 0) is 25.3 Å². The van der Waals surface area contributed by atoms with E-state index in [0.717, 1.165) is 5.56 Å². The fourth-order valence-electron chi connectivity index (χ4n) is 2.41. The van der Waals surface area contributed by atoms with Crippen molar-refractivity contribution in [3.8, 4) is 0 Å². The number of carboxylic acid groups (broad SMARTS) is 1. The van der Waals surface area contributed by atoms with E-state index in [1.165, 1.54) is 0 Å². The molecule has 122 valence electrons. The van der Waals surface area contributed by atoms with Crippen LogP contribution in [0.3, 0.4) is 0 Å². The van der Waals surface area contributed by atoms with Crippen molar-refractivity contribution in [2.45, 2.75) is 39.2 Å². The molecule has 6 heteroatoms. The van der Waals surface area contributed by atoms with Crippen molar-refractivity contribution >= 4 is 11.9 Å². The number of hydrogen-bond donors (Lipinski definition) is 2. The number of nitrogens with zero attached hydrogens (tertiary/aromatic N) is 1. The molecule has 23 heavy (non-hydrogen) atoms. The van der Waals surface area contributed by atoms with E-state index >= 15 is 0 Å². The highest BCUT2D eigenvalue weighted by Crippen LogP contribution is 2.12. The van der Waals surface area contributed by atoms with E-state index in [9.17, 15) is 9.59 Å². The minimum Gasteiger partial charge on any atom is -0.481 e. The van der Waals surface area contributed by atoms with Crippen molar-refractivity contribution in [3.63, 3.8) is 0 Å². The Kier molecular flexibility index (Phi) is 5.51. The van der Waals surface area contributed by atoms with E-state index in [4.69, 9.17) is 9.52 Å². The van der Waals surface area contributed by atoms with E-state index in [1.54, 1.807) is 13.8 Å². The van der Waals surface area contributed by atoms with Crippen LogP contribution in [0.15, 0.2) is 34.7 Å². The van der Waals surface area contributed by atoms with Crippen molar-refractivity contribution in [3.05, 3.63) is 53.2 Å². The van der Waals surface area contributed by atoms with Crippen LogP contribution >= 0.6 is 0 Å². The van der Waals surface area contributed by atoms with E-state index in [0.29, 0.717) is 24.4 Å². The summed E-state index contributed by atoms with van der Waals surface area (Å²) in [4.78, 5) is 27.2. The van der Waals surface area contributed by atoms with Crippen molar-refractivity contribution in [2.75, 3.05) is 0 Å². The van der Waals surface area contributed by atoms with Gasteiger partial charge in [0, 0.05) is 19.4 Å². The van der Waals surface area contributed by atoms with Gasteiger partial charge < -0.3 is 14.8 Å². The molecular formula is C17H20N2O4. The zero-order chi connectivity index (χ0) is 16.8. The highest BCUT2D eigenvalue weighted by atomic mass is 16.4. The van der Waals surface area contributed by atoms with Crippen LogP contribution in [0.25, 0.3) is 0 Å². The molecule has 6 nitrogen and oxygen atoms in total. The summed E-state index contributed by atoms with van der Waals surface area (Å²) in [5.41, 5.74) is 1.56. The van der Waals surface area contributed by atoms with Gasteiger partial charge >= 0.3 is 5.97 Å². The monoisotopic (exact) mass is 316 g/mol. The summed E-state index contributed by atoms with van der Waals surface area (Å²) in [6, 6.07) is 9.35. The standard InChI is InChI=1S/C17H20N2O4/c1-11-16(23-12(2)18-11)17(22)19-14(8-9-15(20)21)10-13-6-4-3-5-7-13/h3-7,14H,8-10H2,1-2H3,(H,19,22)(H,20,21). The number of carbonyl (C=O) groups excluding carboxylic acids is 1. The lowest BCUT2D eigenvalue weighted by molar-refractivity contribution is -0.137. The number of carbonyl (C=O) groups is 2. The summed E-state index contributed by atoms with van der Waals surface area (Å²) >= 11 is 0. The van der Waals surface area contributed by atoms with E-state index in [1.807, 2.05) is 30.3 Å². The topological polar surface area (TPSA) is 92.4 Å². The number of hydrogen-bond acceptors (Lipinski definition) is 4. The Bertz CT molecular complexity index is 679. The summed E-state index contributed by atoms with van der Waals surface area (Å²) in [5.74, 6) is -0.646. The SMILES string of the molecule is Cc1nc(C)c(C(=O)NC(CCC(=O)O)Cc2ccccc2)o1. The number of benzene rings is 1. The van der Waals surface area contributed by atoms with Crippen LogP contribution in [-0.4, -0.2) is 28.0 Å². The Morgan fingerprint density at radius 1 is 1.26 bits per heavy atom. The first-order valence-electron chi connectivity index (χ1n) is 7.46. The maximum atomic E-state index is 12.3. The molecule has 2 rings (SSSR count). The third-order valence-electron chi connectivity index (χ3n) is 3.48. The van der Waals surface area contributed by atoms with Gasteiger partial charge in [0.05, 0.1) is 5.69 Å². The molecule has 0 bridgehead atoms. The van der Waals surface area contributed by atoms with Gasteiger partial charge in [-0.1, -0.05) is 30.3 Å². The zero-order valence-electron chi connectivity index (χ0n) is 13.2. The van der Waals surface area contributed by atoms with Crippen LogP contribution in [0.2, 0.25) is 0 Å². The van der Waals surface area contributed by atoms with Gasteiger partial charge in [-0.3, -0.25) is 9.59 Å². The quantitative estimate of drug-likeness (QED) is 0.818. The summed E-state index contributed by atoms with van der Waals surface area (Å²) in [5, 5.41) is 11.7. The number of aliphatic carboxylic acids is 1. The van der Waals surface area contributed by atoms with Gasteiger partial charge in [0.15, 0.2) is 5.89 Å². The molecule has 0 aliphatic rings. The number of aryl methyl sites for hydroxylation is 2. The maximum absolute atomic E-state index is 12.3. The second kappa shape index (κ2) is 7.58. The fourth-order valence-corrected chi connectivity index (χ4v) is 2.41. The van der Waals surface area contributed by atoms with Crippen LogP contribution in [0.5, 0.6) is 0 Å². The lowest BCUT2D eigenvalue weighted by Gasteiger charge is -2.17. The first kappa shape index (κ1) is 16.7. The second-order valence-corrected chi connectivity index (χ2v) is 5.44. The highest BCUT2D eigenvalue weighted by molar-refractivity contribution is 5.92. The van der Waals surface area contributed by atoms with Gasteiger partial charge in [-0.15, -0.1) is 0 Å². The van der Waals surface area contributed by atoms with Crippen LogP contribution < -0.4 is 5.32 Å². The highest BCUT2D eigenvalue weighted by Gasteiger charge is 2.20. The minimum atomic E-state index is -0.885. The van der Waals surface area contributed by atoms with Gasteiger partial charge in [-0.25, -0.2) is 4.98 Å². The molecular weight excluding hydrogens is 296 g/mol. The van der Waals surface area contributed by atoms with Crippen LogP contribution in [0, 0.1) is 13.8 Å². The lowest BCUT2D eigenvalue weighted by Crippen LogP contribution is -2.37. The molecule has 0 aliphatic heterocycles. The van der Waals surface area contributed by atoms with E-state index in [2.05, 4.69) is 10.3 Å². The predicted octanol–water partition coefficient (Wildman–Crippen LogP) is 2.50. The smallest absolute Gasteiger partial charge is 0.303 e. The van der Waals surface area contributed by atoms with Crippen molar-refractivity contribution in [2.24, 2.45) is 0 Å². The molecule has 1 amide bonds. The van der Waals surface area contributed by atoms with Gasteiger partial charge in [0.1, 0.15) is 0 Å². The molecule has 1 atom stereocenters. The first-order chi connectivity index (χ1) is 11.0. The Balaban J connectivity index is 2.08. The third-order valence-corrected chi connectivity index (χ3v) is 3.48. The number of rotatable bonds is 7. The molecule has 1 unspecified atom stereocenters. The lowest BCUT2D eigenvalue weighted by atomic mass is 10.0. The van der Waals surface area contributed by atoms with Crippen LogP contribution in [0.1, 0.15) is 40.5 Å². The average Bonchev–Trinajstić information content (AvgIpc) is 2.84. The van der Waals surface area contributed by atoms with Crippen LogP contribution in [0.4, 0.5) is 0 Å². The molecule has 2 aromatic rings. The fraction of sp³-hybridized carbons (Fsp3) is 0.353. The Hall–Kier alpha value is -2.63. The largest absolute Gasteiger partial charge is 0.481 e. The summed E-state index contributed by atoms with van der Waals surface area (Å²) in [6.45, 7) is 3.38. The number of amides is 1. The first-order valence-corrected chi connectivity index (χ1v) is 7.46. The minimum absolute atomic E-state index is 0.00774. The maximum Gasteiger partial charge on any atom is 0.303 e. The van der Waals surface area contributed by atoms with Gasteiger partial charge in [0.25, 0.3) is 5.91 Å². The number of nitrogens with one attached hydrogen (secondary N) is 1. The number of carboxylic acids is 1. The summed E-state index contributed by atoms with van der Waals surface area (Å²) in [6.07, 6.45) is 0.903.